The Morgan fingerprint density at radius 1 is 1.03 bits per heavy atom. The number of amides is 1. The number of morpholine rings is 1. The zero-order valence-corrected chi connectivity index (χ0v) is 38.2. The molecular formula is C49H59N7O8S. The molecule has 15 nitrogen and oxygen atoms in total. The molecule has 3 aromatic heterocycles. The first-order valence-corrected chi connectivity index (χ1v) is 24.5. The maximum absolute atomic E-state index is 14.0. The Hall–Kier alpha value is -5.42. The fourth-order valence-corrected chi connectivity index (χ4v) is 11.6. The van der Waals surface area contributed by atoms with E-state index in [1.165, 1.54) is 17.3 Å². The molecule has 2 aliphatic heterocycles. The number of aromatic nitrogens is 3. The number of H-pyrrole nitrogens is 1. The van der Waals surface area contributed by atoms with E-state index in [4.69, 9.17) is 9.47 Å². The van der Waals surface area contributed by atoms with Crippen molar-refractivity contribution >= 4 is 38.3 Å². The van der Waals surface area contributed by atoms with Crippen LogP contribution >= 0.6 is 0 Å². The largest absolute Gasteiger partial charge is 0.455 e. The Kier molecular flexibility index (Phi) is 12.5. The SMILES string of the molecule is CC(C)c1ccccc1[C@@H]1COCCN1C1CC2(CCN(c3ccc(C(=O)NS(=O)(=O)c4cnc(CCC5CCC(C)(O)CC5)c([N+](=O)[O-])c4)c(Oc4cnc5[nH]ccc5c4)c3)CC2)C1. The summed E-state index contributed by atoms with van der Waals surface area (Å²) in [6.45, 7) is 10.3. The van der Waals surface area contributed by atoms with E-state index in [-0.39, 0.29) is 40.8 Å². The van der Waals surface area contributed by atoms with Gasteiger partial charge in [-0.1, -0.05) is 38.1 Å². The fraction of sp³-hybridized carbons (Fsp3) is 0.490. The maximum Gasteiger partial charge on any atom is 0.292 e. The van der Waals surface area contributed by atoms with Crippen LogP contribution < -0.4 is 14.4 Å². The Morgan fingerprint density at radius 3 is 2.55 bits per heavy atom. The number of nitrogens with one attached hydrogen (secondary N) is 2. The molecule has 65 heavy (non-hydrogen) atoms. The molecule has 2 aliphatic carbocycles. The van der Waals surface area contributed by atoms with Gasteiger partial charge in [0, 0.05) is 61.3 Å². The highest BCUT2D eigenvalue weighted by molar-refractivity contribution is 7.90. The summed E-state index contributed by atoms with van der Waals surface area (Å²) in [5.74, 6) is 0.245. The van der Waals surface area contributed by atoms with Gasteiger partial charge in [-0.3, -0.25) is 24.8 Å². The molecule has 9 rings (SSSR count). The molecular weight excluding hydrogens is 847 g/mol. The predicted octanol–water partition coefficient (Wildman–Crippen LogP) is 8.60. The summed E-state index contributed by atoms with van der Waals surface area (Å²) < 4.78 is 42.0. The van der Waals surface area contributed by atoms with Gasteiger partial charge >= 0.3 is 0 Å². The third-order valence-electron chi connectivity index (χ3n) is 14.6. The number of aryl methyl sites for hydroxylation is 1. The van der Waals surface area contributed by atoms with E-state index >= 15 is 0 Å². The Morgan fingerprint density at radius 2 is 1.80 bits per heavy atom. The van der Waals surface area contributed by atoms with Gasteiger partial charge in [-0.05, 0) is 124 Å². The van der Waals surface area contributed by atoms with Crippen LogP contribution in [0.15, 0.2) is 84.1 Å². The summed E-state index contributed by atoms with van der Waals surface area (Å²) in [5.41, 5.74) is 3.54. The number of hydrogen-bond acceptors (Lipinski definition) is 12. The smallest absolute Gasteiger partial charge is 0.292 e. The molecule has 5 heterocycles. The lowest BCUT2D eigenvalue weighted by molar-refractivity contribution is -0.386. The van der Waals surface area contributed by atoms with Gasteiger partial charge in [0.15, 0.2) is 0 Å². The summed E-state index contributed by atoms with van der Waals surface area (Å²) >= 11 is 0. The lowest BCUT2D eigenvalue weighted by Crippen LogP contribution is -2.58. The second-order valence-electron chi connectivity index (χ2n) is 19.3. The number of carbonyl (C=O) groups is 1. The van der Waals surface area contributed by atoms with Gasteiger partial charge in [-0.2, -0.15) is 0 Å². The summed E-state index contributed by atoms with van der Waals surface area (Å²) in [7, 11) is -4.61. The van der Waals surface area contributed by atoms with Gasteiger partial charge in [0.1, 0.15) is 27.7 Å². The lowest BCUT2D eigenvalue weighted by Gasteiger charge is -2.57. The van der Waals surface area contributed by atoms with Crippen LogP contribution in [0, 0.1) is 21.4 Å². The van der Waals surface area contributed by atoms with Crippen LogP contribution in [0.25, 0.3) is 11.0 Å². The molecule has 3 N–H and O–H groups in total. The molecule has 0 bridgehead atoms. The van der Waals surface area contributed by atoms with Crippen molar-refractivity contribution in [3.8, 4) is 11.5 Å². The number of hydrogen-bond donors (Lipinski definition) is 3. The number of nitrogens with zero attached hydrogens (tertiary/aromatic N) is 5. The van der Waals surface area contributed by atoms with Gasteiger partial charge in [0.05, 0.1) is 41.5 Å². The number of benzene rings is 2. The second-order valence-corrected chi connectivity index (χ2v) is 21.0. The van der Waals surface area contributed by atoms with E-state index in [1.54, 1.807) is 24.4 Å². The van der Waals surface area contributed by atoms with Gasteiger partial charge in [-0.25, -0.2) is 18.1 Å². The molecule has 1 atom stereocenters. The monoisotopic (exact) mass is 905 g/mol. The van der Waals surface area contributed by atoms with Crippen molar-refractivity contribution in [3.05, 3.63) is 112 Å². The van der Waals surface area contributed by atoms with Crippen LogP contribution in [-0.2, 0) is 21.2 Å². The number of pyridine rings is 2. The van der Waals surface area contributed by atoms with Crippen LogP contribution in [0.4, 0.5) is 11.4 Å². The fourth-order valence-electron chi connectivity index (χ4n) is 10.7. The van der Waals surface area contributed by atoms with Crippen molar-refractivity contribution in [1.82, 2.24) is 24.6 Å². The topological polar surface area (TPSA) is 193 Å². The molecule has 4 fully saturated rings. The quantitative estimate of drug-likeness (QED) is 0.0754. The second kappa shape index (κ2) is 18.1. The van der Waals surface area contributed by atoms with Crippen LogP contribution in [0.2, 0.25) is 0 Å². The number of aliphatic hydroxyl groups is 1. The van der Waals surface area contributed by atoms with E-state index < -0.39 is 37.0 Å². The minimum absolute atomic E-state index is 0.0357. The van der Waals surface area contributed by atoms with E-state index in [1.807, 2.05) is 19.1 Å². The number of sulfonamides is 1. The van der Waals surface area contributed by atoms with E-state index in [2.05, 4.69) is 67.6 Å². The summed E-state index contributed by atoms with van der Waals surface area (Å²) in [4.78, 5) is 41.7. The first-order valence-electron chi connectivity index (χ1n) is 23.0. The van der Waals surface area contributed by atoms with Gasteiger partial charge < -0.3 is 24.5 Å². The number of nitro groups is 1. The average Bonchev–Trinajstić information content (AvgIpc) is 3.76. The normalized spacial score (nSPS) is 22.8. The molecule has 2 saturated heterocycles. The number of piperidine rings is 1. The first kappa shape index (κ1) is 44.8. The van der Waals surface area contributed by atoms with Crippen LogP contribution in [0.5, 0.6) is 11.5 Å². The standard InChI is InChI=1S/C49H59N7O8S/c1-32(2)39-6-4-5-7-40(39)44-31-63-23-22-55(44)36-27-49(28-36)17-20-54(21-18-49)35-9-10-41(45(25-35)64-37-24-34-14-19-50-46(34)52-29-37)47(57)53-65(61,62)38-26-43(56(59)60)42(51-30-38)11-8-33-12-15-48(3,58)16-13-33/h4-7,9-10,14,19,24-26,29-30,32-33,36,44,58H,8,11-13,15-18,20-23,27-28,31H2,1-3H3,(H,50,52)(H,53,57)/t33?,44-,48?/m0/s1. The Balaban J connectivity index is 0.898. The van der Waals surface area contributed by atoms with Gasteiger partial charge in [-0.15, -0.1) is 0 Å². The number of ether oxygens (including phenoxy) is 2. The molecule has 1 spiro atoms. The zero-order chi connectivity index (χ0) is 45.5. The van der Waals surface area contributed by atoms with Crippen molar-refractivity contribution in [2.45, 2.75) is 113 Å². The molecule has 16 heteroatoms. The number of fused-ring (bicyclic) bond motifs is 1. The lowest BCUT2D eigenvalue weighted by atomic mass is 9.59. The highest BCUT2D eigenvalue weighted by Gasteiger charge is 2.50. The summed E-state index contributed by atoms with van der Waals surface area (Å²) in [5, 5.41) is 23.3. The van der Waals surface area contributed by atoms with Crippen LogP contribution in [-0.4, -0.2) is 88.7 Å². The summed E-state index contributed by atoms with van der Waals surface area (Å²) in [6.07, 6.45) is 12.5. The third kappa shape index (κ3) is 9.63. The highest BCUT2D eigenvalue weighted by Crippen LogP contribution is 2.53. The van der Waals surface area contributed by atoms with Gasteiger partial charge in [0.25, 0.3) is 21.6 Å². The number of carbonyl (C=O) groups excluding carboxylic acids is 1. The van der Waals surface area contributed by atoms with Crippen LogP contribution in [0.3, 0.4) is 0 Å². The number of aromatic amines is 1. The van der Waals surface area contributed by atoms with E-state index in [0.29, 0.717) is 49.2 Å². The number of rotatable bonds is 13. The maximum atomic E-state index is 14.0. The van der Waals surface area contributed by atoms with Crippen molar-refractivity contribution in [1.29, 1.82) is 0 Å². The van der Waals surface area contributed by atoms with Crippen molar-refractivity contribution in [2.75, 3.05) is 37.7 Å². The zero-order valence-electron chi connectivity index (χ0n) is 37.4. The first-order chi connectivity index (χ1) is 31.2. The van der Waals surface area contributed by atoms with Gasteiger partial charge in [0.2, 0.25) is 0 Å². The molecule has 5 aromatic rings. The minimum atomic E-state index is -4.61. The molecule has 0 unspecified atom stereocenters. The van der Waals surface area contributed by atoms with Crippen molar-refractivity contribution < 1.29 is 32.7 Å². The molecule has 344 valence electrons. The van der Waals surface area contributed by atoms with E-state index in [9.17, 15) is 28.4 Å². The van der Waals surface area contributed by atoms with Crippen molar-refractivity contribution in [3.63, 3.8) is 0 Å². The Bertz CT molecular complexity index is 2660. The number of anilines is 1. The molecule has 0 radical (unpaired) electrons. The molecule has 2 aromatic carbocycles. The predicted molar refractivity (Wildman–Crippen MR) is 247 cm³/mol. The highest BCUT2D eigenvalue weighted by atomic mass is 32.2. The Labute approximate surface area is 380 Å². The molecule has 4 aliphatic rings. The summed E-state index contributed by atoms with van der Waals surface area (Å²) in [6, 6.07) is 19.3. The minimum Gasteiger partial charge on any atom is -0.455 e. The van der Waals surface area contributed by atoms with Crippen LogP contribution in [0.1, 0.15) is 118 Å². The third-order valence-corrected chi connectivity index (χ3v) is 15.9. The average molecular weight is 906 g/mol. The van der Waals surface area contributed by atoms with Crippen molar-refractivity contribution in [2.24, 2.45) is 11.3 Å². The van der Waals surface area contributed by atoms with E-state index in [0.717, 1.165) is 88.1 Å². The molecule has 2 saturated carbocycles. The molecule has 1 amide bonds.